The summed E-state index contributed by atoms with van der Waals surface area (Å²) in [5.74, 6) is -0.690. The van der Waals surface area contributed by atoms with Gasteiger partial charge < -0.3 is 4.74 Å². The second-order valence-electron chi connectivity index (χ2n) is 2.83. The molecule has 0 saturated heterocycles. The van der Waals surface area contributed by atoms with Crippen LogP contribution >= 0.6 is 22.6 Å². The van der Waals surface area contributed by atoms with E-state index in [9.17, 15) is 13.6 Å². The van der Waals surface area contributed by atoms with Crippen LogP contribution in [0.15, 0.2) is 6.20 Å². The highest BCUT2D eigenvalue weighted by Gasteiger charge is 2.28. The normalized spacial score (nSPS) is 11.5. The van der Waals surface area contributed by atoms with E-state index in [0.29, 0.717) is 15.2 Å². The summed E-state index contributed by atoms with van der Waals surface area (Å²) in [6.07, 6.45) is 1.10. The number of ether oxygens (including phenoxy) is 1. The van der Waals surface area contributed by atoms with Crippen LogP contribution in [0.25, 0.3) is 0 Å². The Kier molecular flexibility index (Phi) is 3.63. The number of alkyl halides is 2. The summed E-state index contributed by atoms with van der Waals surface area (Å²) in [7, 11) is 0. The van der Waals surface area contributed by atoms with E-state index in [-0.39, 0.29) is 12.3 Å². The predicted molar refractivity (Wildman–Crippen MR) is 56.8 cm³/mol. The van der Waals surface area contributed by atoms with Gasteiger partial charge in [-0.15, -0.1) is 0 Å². The Bertz CT molecular complexity index is 373. The fourth-order valence-electron chi connectivity index (χ4n) is 0.892. The molecule has 7 heteroatoms. The highest BCUT2D eigenvalue weighted by Crippen LogP contribution is 2.21. The molecule has 0 atom stereocenters. The first-order chi connectivity index (χ1) is 6.86. The van der Waals surface area contributed by atoms with E-state index in [1.165, 1.54) is 0 Å². The van der Waals surface area contributed by atoms with Gasteiger partial charge >= 0.3 is 12.0 Å². The van der Waals surface area contributed by atoms with Crippen LogP contribution in [0.5, 0.6) is 0 Å². The number of esters is 1. The van der Waals surface area contributed by atoms with Gasteiger partial charge in [0.1, 0.15) is 0 Å². The van der Waals surface area contributed by atoms with E-state index in [1.807, 2.05) is 0 Å². The van der Waals surface area contributed by atoms with Crippen LogP contribution in [-0.4, -0.2) is 22.4 Å². The number of hydrogen-bond donors (Lipinski definition) is 0. The minimum absolute atomic E-state index is 0.0843. The number of rotatable bonds is 3. The first-order valence-corrected chi connectivity index (χ1v) is 5.24. The minimum Gasteiger partial charge on any atom is -0.461 e. The molecule has 0 radical (unpaired) electrons. The van der Waals surface area contributed by atoms with Crippen LogP contribution in [0.1, 0.15) is 24.3 Å². The van der Waals surface area contributed by atoms with Gasteiger partial charge in [0.25, 0.3) is 0 Å². The molecular weight excluding hydrogens is 321 g/mol. The molecule has 1 aromatic heterocycles. The molecule has 0 amide bonds. The number of carbonyl (C=O) groups excluding carboxylic acids is 1. The van der Waals surface area contributed by atoms with Crippen molar-refractivity contribution in [3.63, 3.8) is 0 Å². The lowest BCUT2D eigenvalue weighted by Crippen LogP contribution is -2.19. The third-order valence-electron chi connectivity index (χ3n) is 1.54. The van der Waals surface area contributed by atoms with E-state index in [1.54, 1.807) is 29.5 Å². The fourth-order valence-corrected chi connectivity index (χ4v) is 1.48. The van der Waals surface area contributed by atoms with Gasteiger partial charge in [-0.05, 0) is 29.5 Å². The third-order valence-corrected chi connectivity index (χ3v) is 2.33. The molecule has 0 aliphatic heterocycles. The van der Waals surface area contributed by atoms with Crippen LogP contribution < -0.4 is 0 Å². The lowest BCUT2D eigenvalue weighted by Gasteiger charge is -2.09. The Morgan fingerprint density at radius 2 is 2.33 bits per heavy atom. The molecule has 0 aromatic carbocycles. The Hall–Kier alpha value is -0.730. The van der Waals surface area contributed by atoms with Gasteiger partial charge in [-0.25, -0.2) is 9.48 Å². The van der Waals surface area contributed by atoms with Crippen molar-refractivity contribution in [2.75, 3.05) is 6.61 Å². The van der Waals surface area contributed by atoms with E-state index >= 15 is 0 Å². The molecule has 0 bridgehead atoms. The number of aromatic nitrogens is 2. The van der Waals surface area contributed by atoms with Crippen molar-refractivity contribution in [1.82, 2.24) is 9.78 Å². The highest BCUT2D eigenvalue weighted by atomic mass is 127. The molecule has 1 aromatic rings. The molecule has 0 fully saturated rings. The third kappa shape index (κ3) is 2.86. The molecule has 0 aliphatic carbocycles. The van der Waals surface area contributed by atoms with Crippen molar-refractivity contribution in [1.29, 1.82) is 0 Å². The Balaban J connectivity index is 3.02. The van der Waals surface area contributed by atoms with Gasteiger partial charge in [-0.1, -0.05) is 0 Å². The summed E-state index contributed by atoms with van der Waals surface area (Å²) >= 11 is 1.76. The van der Waals surface area contributed by atoms with E-state index in [2.05, 4.69) is 9.84 Å². The number of carbonyl (C=O) groups is 1. The second kappa shape index (κ2) is 4.42. The summed E-state index contributed by atoms with van der Waals surface area (Å²) in [6.45, 7) is 2.52. The Morgan fingerprint density at radius 3 is 2.73 bits per heavy atom. The van der Waals surface area contributed by atoms with Gasteiger partial charge in [0.2, 0.25) is 0 Å². The SMILES string of the molecule is CCOC(=O)c1nn(C(C)(F)F)cc1I. The maximum atomic E-state index is 12.8. The molecule has 84 valence electrons. The molecule has 15 heavy (non-hydrogen) atoms. The van der Waals surface area contributed by atoms with Crippen LogP contribution in [-0.2, 0) is 10.8 Å². The zero-order valence-electron chi connectivity index (χ0n) is 8.13. The fraction of sp³-hybridized carbons (Fsp3) is 0.500. The quantitative estimate of drug-likeness (QED) is 0.631. The number of hydrogen-bond acceptors (Lipinski definition) is 3. The Morgan fingerprint density at radius 1 is 1.73 bits per heavy atom. The standard InChI is InChI=1S/C8H9F2IN2O2/c1-3-15-7(14)6-5(11)4-13(12-6)8(2,9)10/h4H,3H2,1-2H3. The highest BCUT2D eigenvalue weighted by molar-refractivity contribution is 14.1. The van der Waals surface area contributed by atoms with Crippen molar-refractivity contribution >= 4 is 28.6 Å². The van der Waals surface area contributed by atoms with Crippen molar-refractivity contribution in [3.8, 4) is 0 Å². The molecule has 0 saturated carbocycles. The van der Waals surface area contributed by atoms with Gasteiger partial charge in [0.15, 0.2) is 5.69 Å². The van der Waals surface area contributed by atoms with Crippen molar-refractivity contribution in [2.45, 2.75) is 19.9 Å². The van der Waals surface area contributed by atoms with Crippen molar-refractivity contribution in [3.05, 3.63) is 15.5 Å². The maximum absolute atomic E-state index is 12.8. The average molecular weight is 330 g/mol. The van der Waals surface area contributed by atoms with E-state index in [0.717, 1.165) is 6.20 Å². The van der Waals surface area contributed by atoms with Crippen LogP contribution in [0, 0.1) is 3.57 Å². The Labute approximate surface area is 98.7 Å². The molecule has 0 unspecified atom stereocenters. The summed E-state index contributed by atoms with van der Waals surface area (Å²) in [4.78, 5) is 11.3. The summed E-state index contributed by atoms with van der Waals surface area (Å²) in [5, 5.41) is 3.48. The average Bonchev–Trinajstić information content (AvgIpc) is 2.47. The monoisotopic (exact) mass is 330 g/mol. The van der Waals surface area contributed by atoms with E-state index < -0.39 is 12.0 Å². The summed E-state index contributed by atoms with van der Waals surface area (Å²) in [6, 6.07) is -3.12. The minimum atomic E-state index is -3.12. The molecule has 0 aliphatic rings. The first kappa shape index (κ1) is 12.3. The lowest BCUT2D eigenvalue weighted by molar-refractivity contribution is -0.0726. The van der Waals surface area contributed by atoms with Crippen molar-refractivity contribution < 1.29 is 18.3 Å². The zero-order valence-corrected chi connectivity index (χ0v) is 10.3. The molecule has 1 heterocycles. The smallest absolute Gasteiger partial charge is 0.359 e. The molecule has 1 rings (SSSR count). The number of nitrogens with zero attached hydrogens (tertiary/aromatic N) is 2. The first-order valence-electron chi connectivity index (χ1n) is 4.17. The topological polar surface area (TPSA) is 44.1 Å². The lowest BCUT2D eigenvalue weighted by atomic mass is 10.4. The van der Waals surface area contributed by atoms with E-state index in [4.69, 9.17) is 0 Å². The van der Waals surface area contributed by atoms with Crippen molar-refractivity contribution in [2.24, 2.45) is 0 Å². The predicted octanol–water partition coefficient (Wildman–Crippen LogP) is 2.23. The molecule has 4 nitrogen and oxygen atoms in total. The maximum Gasteiger partial charge on any atom is 0.359 e. The van der Waals surface area contributed by atoms with Crippen LogP contribution in [0.4, 0.5) is 8.78 Å². The van der Waals surface area contributed by atoms with Crippen LogP contribution in [0.3, 0.4) is 0 Å². The second-order valence-corrected chi connectivity index (χ2v) is 3.99. The van der Waals surface area contributed by atoms with Gasteiger partial charge in [-0.3, -0.25) is 0 Å². The molecular formula is C8H9F2IN2O2. The van der Waals surface area contributed by atoms with Gasteiger partial charge in [0.05, 0.1) is 10.2 Å². The van der Waals surface area contributed by atoms with Crippen LogP contribution in [0.2, 0.25) is 0 Å². The van der Waals surface area contributed by atoms with Gasteiger partial charge in [-0.2, -0.15) is 13.9 Å². The van der Waals surface area contributed by atoms with Gasteiger partial charge in [0, 0.05) is 13.1 Å². The number of halogens is 3. The summed E-state index contributed by atoms with van der Waals surface area (Å²) < 4.78 is 31.1. The summed E-state index contributed by atoms with van der Waals surface area (Å²) in [5.41, 5.74) is -0.0843. The zero-order chi connectivity index (χ0) is 11.6. The molecule has 0 spiro atoms. The molecule has 0 N–H and O–H groups in total. The largest absolute Gasteiger partial charge is 0.461 e.